The predicted molar refractivity (Wildman–Crippen MR) is 76.6 cm³/mol. The van der Waals surface area contributed by atoms with Crippen molar-refractivity contribution in [3.05, 3.63) is 29.8 Å². The van der Waals surface area contributed by atoms with E-state index in [1.807, 2.05) is 31.2 Å². The molecule has 5 nitrogen and oxygen atoms in total. The predicted octanol–water partition coefficient (Wildman–Crippen LogP) is 1.21. The summed E-state index contributed by atoms with van der Waals surface area (Å²) < 4.78 is 4.85. The molecule has 1 unspecified atom stereocenters. The van der Waals surface area contributed by atoms with Crippen LogP contribution in [0.5, 0.6) is 0 Å². The van der Waals surface area contributed by atoms with Crippen LogP contribution in [0.3, 0.4) is 0 Å². The highest BCUT2D eigenvalue weighted by molar-refractivity contribution is 6.00. The van der Waals surface area contributed by atoms with Crippen LogP contribution in [0, 0.1) is 6.92 Å². The molecule has 0 N–H and O–H groups in total. The fraction of sp³-hybridized carbons (Fsp3) is 0.467. The Morgan fingerprint density at radius 3 is 2.70 bits per heavy atom. The Balaban J connectivity index is 2.17. The lowest BCUT2D eigenvalue weighted by Gasteiger charge is -2.39. The van der Waals surface area contributed by atoms with Gasteiger partial charge in [-0.3, -0.25) is 9.59 Å². The first-order valence-corrected chi connectivity index (χ1v) is 6.71. The fourth-order valence-corrected chi connectivity index (χ4v) is 2.52. The first-order chi connectivity index (χ1) is 9.56. The van der Waals surface area contributed by atoms with E-state index in [1.165, 1.54) is 7.11 Å². The highest BCUT2D eigenvalue weighted by atomic mass is 16.5. The van der Waals surface area contributed by atoms with Crippen molar-refractivity contribution >= 4 is 17.5 Å². The second-order valence-corrected chi connectivity index (χ2v) is 4.97. The Bertz CT molecular complexity index is 516. The third-order valence-electron chi connectivity index (χ3n) is 3.65. The summed E-state index contributed by atoms with van der Waals surface area (Å²) in [5.74, 6) is -0.187. The molecule has 5 heteroatoms. The number of ether oxygens (including phenoxy) is 1. The minimum absolute atomic E-state index is 0.0159. The van der Waals surface area contributed by atoms with Crippen LogP contribution in [0.1, 0.15) is 12.5 Å². The summed E-state index contributed by atoms with van der Waals surface area (Å²) >= 11 is 0. The molecule has 1 aromatic rings. The summed E-state index contributed by atoms with van der Waals surface area (Å²) in [5, 5.41) is 0. The van der Waals surface area contributed by atoms with Crippen molar-refractivity contribution < 1.29 is 14.3 Å². The van der Waals surface area contributed by atoms with Gasteiger partial charge in [0.25, 0.3) is 0 Å². The topological polar surface area (TPSA) is 49.9 Å². The van der Waals surface area contributed by atoms with E-state index in [0.29, 0.717) is 13.1 Å². The number of anilines is 1. The van der Waals surface area contributed by atoms with Gasteiger partial charge in [0, 0.05) is 25.9 Å². The first-order valence-electron chi connectivity index (χ1n) is 6.71. The van der Waals surface area contributed by atoms with Crippen molar-refractivity contribution in [2.45, 2.75) is 19.9 Å². The number of methoxy groups -OCH3 is 1. The molecule has 20 heavy (non-hydrogen) atoms. The maximum absolute atomic E-state index is 12.5. The van der Waals surface area contributed by atoms with Gasteiger partial charge in [-0.2, -0.15) is 0 Å². The maximum Gasteiger partial charge on any atom is 0.249 e. The molecule has 1 aliphatic rings. The third kappa shape index (κ3) is 2.67. The lowest BCUT2D eigenvalue weighted by atomic mass is 10.1. The van der Waals surface area contributed by atoms with E-state index < -0.39 is 6.04 Å². The van der Waals surface area contributed by atoms with E-state index in [4.69, 9.17) is 4.74 Å². The molecule has 0 saturated carbocycles. The SMILES string of the molecule is COCC(=O)N1CCN(c2ccccc2C)C(=O)C1C. The monoisotopic (exact) mass is 276 g/mol. The Morgan fingerprint density at radius 2 is 2.05 bits per heavy atom. The molecule has 1 aliphatic heterocycles. The number of hydrogen-bond donors (Lipinski definition) is 0. The van der Waals surface area contributed by atoms with Crippen molar-refractivity contribution in [3.8, 4) is 0 Å². The van der Waals surface area contributed by atoms with E-state index in [2.05, 4.69) is 0 Å². The molecule has 1 aromatic carbocycles. The minimum atomic E-state index is -0.453. The quantitative estimate of drug-likeness (QED) is 0.833. The van der Waals surface area contributed by atoms with Crippen LogP contribution < -0.4 is 4.90 Å². The fourth-order valence-electron chi connectivity index (χ4n) is 2.52. The zero-order valence-electron chi connectivity index (χ0n) is 12.1. The average Bonchev–Trinajstić information content (AvgIpc) is 2.43. The molecule has 0 spiro atoms. The molecule has 2 amide bonds. The molecule has 0 bridgehead atoms. The zero-order valence-corrected chi connectivity index (χ0v) is 12.1. The van der Waals surface area contributed by atoms with Gasteiger partial charge in [-0.15, -0.1) is 0 Å². The van der Waals surface area contributed by atoms with Gasteiger partial charge in [0.2, 0.25) is 11.8 Å². The maximum atomic E-state index is 12.5. The number of rotatable bonds is 3. The van der Waals surface area contributed by atoms with Crippen LogP contribution in [-0.2, 0) is 14.3 Å². The van der Waals surface area contributed by atoms with Gasteiger partial charge in [0.1, 0.15) is 12.6 Å². The number of aryl methyl sites for hydroxylation is 1. The summed E-state index contributed by atoms with van der Waals surface area (Å²) in [6.07, 6.45) is 0. The van der Waals surface area contributed by atoms with E-state index in [9.17, 15) is 9.59 Å². The average molecular weight is 276 g/mol. The van der Waals surface area contributed by atoms with E-state index in [-0.39, 0.29) is 18.4 Å². The standard InChI is InChI=1S/C15H20N2O3/c1-11-6-4-5-7-13(11)17-9-8-16(12(2)15(17)19)14(18)10-20-3/h4-7,12H,8-10H2,1-3H3. The summed E-state index contributed by atoms with van der Waals surface area (Å²) in [6.45, 7) is 4.81. The lowest BCUT2D eigenvalue weighted by Crippen LogP contribution is -2.58. The third-order valence-corrected chi connectivity index (χ3v) is 3.65. The van der Waals surface area contributed by atoms with Crippen LogP contribution in [0.15, 0.2) is 24.3 Å². The molecular formula is C15H20N2O3. The van der Waals surface area contributed by atoms with Crippen molar-refractivity contribution in [1.82, 2.24) is 4.90 Å². The number of carbonyl (C=O) groups is 2. The number of carbonyl (C=O) groups excluding carboxylic acids is 2. The number of amides is 2. The number of nitrogens with zero attached hydrogens (tertiary/aromatic N) is 2. The Hall–Kier alpha value is -1.88. The summed E-state index contributed by atoms with van der Waals surface area (Å²) in [5.41, 5.74) is 1.98. The smallest absolute Gasteiger partial charge is 0.249 e. The summed E-state index contributed by atoms with van der Waals surface area (Å²) in [4.78, 5) is 27.7. The summed E-state index contributed by atoms with van der Waals surface area (Å²) in [7, 11) is 1.48. The minimum Gasteiger partial charge on any atom is -0.375 e. The van der Waals surface area contributed by atoms with Gasteiger partial charge in [-0.05, 0) is 25.5 Å². The molecule has 1 fully saturated rings. The summed E-state index contributed by atoms with van der Waals surface area (Å²) in [6, 6.07) is 7.34. The lowest BCUT2D eigenvalue weighted by molar-refractivity contribution is -0.143. The largest absolute Gasteiger partial charge is 0.375 e. The van der Waals surface area contributed by atoms with E-state index >= 15 is 0 Å². The van der Waals surface area contributed by atoms with Gasteiger partial charge in [-0.25, -0.2) is 0 Å². The molecule has 0 aromatic heterocycles. The molecule has 2 rings (SSSR count). The van der Waals surface area contributed by atoms with Crippen LogP contribution in [-0.4, -0.2) is 49.6 Å². The van der Waals surface area contributed by atoms with Gasteiger partial charge in [-0.1, -0.05) is 18.2 Å². The van der Waals surface area contributed by atoms with Crippen LogP contribution >= 0.6 is 0 Å². The molecule has 1 saturated heterocycles. The highest BCUT2D eigenvalue weighted by Gasteiger charge is 2.35. The van der Waals surface area contributed by atoms with Crippen molar-refractivity contribution in [3.63, 3.8) is 0 Å². The van der Waals surface area contributed by atoms with Crippen molar-refractivity contribution in [1.29, 1.82) is 0 Å². The molecule has 0 radical (unpaired) electrons. The van der Waals surface area contributed by atoms with Crippen LogP contribution in [0.25, 0.3) is 0 Å². The Kier molecular flexibility index (Phi) is 4.39. The van der Waals surface area contributed by atoms with Gasteiger partial charge >= 0.3 is 0 Å². The van der Waals surface area contributed by atoms with Gasteiger partial charge < -0.3 is 14.5 Å². The van der Waals surface area contributed by atoms with Gasteiger partial charge in [0.15, 0.2) is 0 Å². The van der Waals surface area contributed by atoms with Crippen molar-refractivity contribution in [2.24, 2.45) is 0 Å². The zero-order chi connectivity index (χ0) is 14.7. The molecule has 108 valence electrons. The number of para-hydroxylation sites is 1. The first kappa shape index (κ1) is 14.5. The van der Waals surface area contributed by atoms with Gasteiger partial charge in [0.05, 0.1) is 0 Å². The number of hydrogen-bond acceptors (Lipinski definition) is 3. The van der Waals surface area contributed by atoms with Crippen LogP contribution in [0.4, 0.5) is 5.69 Å². The second kappa shape index (κ2) is 6.05. The molecule has 0 aliphatic carbocycles. The molecular weight excluding hydrogens is 256 g/mol. The highest BCUT2D eigenvalue weighted by Crippen LogP contribution is 2.23. The Morgan fingerprint density at radius 1 is 1.35 bits per heavy atom. The van der Waals surface area contributed by atoms with E-state index in [1.54, 1.807) is 16.7 Å². The van der Waals surface area contributed by atoms with Crippen LogP contribution in [0.2, 0.25) is 0 Å². The molecule has 1 atom stereocenters. The molecule has 1 heterocycles. The van der Waals surface area contributed by atoms with Crippen molar-refractivity contribution in [2.75, 3.05) is 31.7 Å². The number of benzene rings is 1. The number of piperazine rings is 1. The second-order valence-electron chi connectivity index (χ2n) is 4.97. The normalized spacial score (nSPS) is 19.4. The Labute approximate surface area is 119 Å². The van der Waals surface area contributed by atoms with E-state index in [0.717, 1.165) is 11.3 Å².